The molecule has 126 valence electrons. The number of thiazole rings is 1. The Kier molecular flexibility index (Phi) is 4.76. The van der Waals surface area contributed by atoms with Crippen LogP contribution in [0.5, 0.6) is 0 Å². The average Bonchev–Trinajstić information content (AvgIpc) is 3.13. The van der Waals surface area contributed by atoms with Crippen LogP contribution >= 0.6 is 22.7 Å². The number of sulfonamides is 1. The van der Waals surface area contributed by atoms with E-state index < -0.39 is 10.0 Å². The van der Waals surface area contributed by atoms with E-state index in [0.29, 0.717) is 10.6 Å². The summed E-state index contributed by atoms with van der Waals surface area (Å²) in [4.78, 5) is 6.40. The van der Waals surface area contributed by atoms with Crippen molar-refractivity contribution in [2.45, 2.75) is 32.1 Å². The van der Waals surface area contributed by atoms with Gasteiger partial charge in [-0.2, -0.15) is 0 Å². The molecule has 1 N–H and O–H groups in total. The molecule has 0 radical (unpaired) electrons. The van der Waals surface area contributed by atoms with Crippen LogP contribution in [0, 0.1) is 13.8 Å². The van der Waals surface area contributed by atoms with Gasteiger partial charge in [-0.25, -0.2) is 13.4 Å². The number of thiophene rings is 1. The van der Waals surface area contributed by atoms with Gasteiger partial charge in [0, 0.05) is 10.3 Å². The molecule has 0 saturated heterocycles. The second kappa shape index (κ2) is 6.66. The highest BCUT2D eigenvalue weighted by Gasteiger charge is 2.22. The first kappa shape index (κ1) is 17.1. The number of nitrogens with one attached hydrogen (secondary N) is 1. The molecule has 0 fully saturated rings. The fraction of sp³-hybridized carbons (Fsp3) is 0.235. The molecule has 0 aliphatic rings. The van der Waals surface area contributed by atoms with Gasteiger partial charge in [-0.15, -0.1) is 22.7 Å². The summed E-state index contributed by atoms with van der Waals surface area (Å²) in [6, 6.07) is 9.19. The largest absolute Gasteiger partial charge is 0.279 e. The van der Waals surface area contributed by atoms with Gasteiger partial charge in [-0.1, -0.05) is 25.1 Å². The maximum absolute atomic E-state index is 12.8. The predicted octanol–water partition coefficient (Wildman–Crippen LogP) is 4.85. The number of hydrogen-bond donors (Lipinski definition) is 1. The van der Waals surface area contributed by atoms with Crippen molar-refractivity contribution in [1.82, 2.24) is 4.98 Å². The topological polar surface area (TPSA) is 59.1 Å². The summed E-state index contributed by atoms with van der Waals surface area (Å²) in [5, 5.41) is 2.92. The van der Waals surface area contributed by atoms with Crippen LogP contribution in [-0.2, 0) is 16.4 Å². The second-order valence-corrected chi connectivity index (χ2v) is 9.37. The molecule has 0 aliphatic heterocycles. The standard InChI is InChI=1S/C17H18N2O2S3/c1-4-13-7-5-6-8-14(13)19-24(20,21)17-9-16(23-11(17)2)15-10-22-12(3)18-15/h5-10,19H,4H2,1-3H3. The molecule has 0 aliphatic carbocycles. The minimum Gasteiger partial charge on any atom is -0.279 e. The van der Waals surface area contributed by atoms with Crippen molar-refractivity contribution < 1.29 is 8.42 Å². The van der Waals surface area contributed by atoms with Gasteiger partial charge in [-0.3, -0.25) is 4.72 Å². The molecule has 24 heavy (non-hydrogen) atoms. The molecule has 0 bridgehead atoms. The lowest BCUT2D eigenvalue weighted by Crippen LogP contribution is -2.14. The van der Waals surface area contributed by atoms with E-state index in [9.17, 15) is 8.42 Å². The number of rotatable bonds is 5. The van der Waals surface area contributed by atoms with Crippen LogP contribution < -0.4 is 4.72 Å². The van der Waals surface area contributed by atoms with Crippen LogP contribution in [0.1, 0.15) is 22.4 Å². The number of aryl methyl sites for hydroxylation is 3. The molecule has 0 amide bonds. The van der Waals surface area contributed by atoms with Crippen molar-refractivity contribution in [3.8, 4) is 10.6 Å². The summed E-state index contributed by atoms with van der Waals surface area (Å²) >= 11 is 3.01. The van der Waals surface area contributed by atoms with E-state index in [1.54, 1.807) is 23.5 Å². The van der Waals surface area contributed by atoms with Gasteiger partial charge in [0.25, 0.3) is 10.0 Å². The van der Waals surface area contributed by atoms with Gasteiger partial charge in [0.2, 0.25) is 0 Å². The lowest BCUT2D eigenvalue weighted by atomic mass is 10.1. The first-order valence-electron chi connectivity index (χ1n) is 7.54. The van der Waals surface area contributed by atoms with Gasteiger partial charge in [0.1, 0.15) is 4.90 Å². The quantitative estimate of drug-likeness (QED) is 0.690. The zero-order chi connectivity index (χ0) is 17.3. The van der Waals surface area contributed by atoms with Crippen molar-refractivity contribution in [1.29, 1.82) is 0 Å². The van der Waals surface area contributed by atoms with Gasteiger partial charge < -0.3 is 0 Å². The van der Waals surface area contributed by atoms with Crippen molar-refractivity contribution in [3.63, 3.8) is 0 Å². The molecule has 0 saturated carbocycles. The maximum atomic E-state index is 12.8. The number of para-hydroxylation sites is 1. The van der Waals surface area contributed by atoms with E-state index in [1.165, 1.54) is 11.3 Å². The zero-order valence-corrected chi connectivity index (χ0v) is 16.1. The third kappa shape index (κ3) is 3.38. The van der Waals surface area contributed by atoms with E-state index in [4.69, 9.17) is 0 Å². The number of nitrogens with zero attached hydrogens (tertiary/aromatic N) is 1. The third-order valence-electron chi connectivity index (χ3n) is 3.68. The van der Waals surface area contributed by atoms with Gasteiger partial charge in [0.05, 0.1) is 21.3 Å². The summed E-state index contributed by atoms with van der Waals surface area (Å²) in [5.74, 6) is 0. The first-order valence-corrected chi connectivity index (χ1v) is 10.7. The molecule has 3 aromatic rings. The van der Waals surface area contributed by atoms with E-state index >= 15 is 0 Å². The Morgan fingerprint density at radius 1 is 1.21 bits per heavy atom. The molecule has 2 aromatic heterocycles. The smallest absolute Gasteiger partial charge is 0.263 e. The molecule has 0 spiro atoms. The molecule has 2 heterocycles. The number of aromatic nitrogens is 1. The molecule has 0 atom stereocenters. The predicted molar refractivity (Wildman–Crippen MR) is 102 cm³/mol. The molecule has 4 nitrogen and oxygen atoms in total. The molecule has 7 heteroatoms. The Labute approximate surface area is 150 Å². The molecule has 1 aromatic carbocycles. The highest BCUT2D eigenvalue weighted by atomic mass is 32.2. The Hall–Kier alpha value is -1.70. The molecular formula is C17H18N2O2S3. The van der Waals surface area contributed by atoms with Gasteiger partial charge >= 0.3 is 0 Å². The van der Waals surface area contributed by atoms with E-state index in [1.807, 2.05) is 44.4 Å². The van der Waals surface area contributed by atoms with Crippen LogP contribution in [0.4, 0.5) is 5.69 Å². The van der Waals surface area contributed by atoms with E-state index in [0.717, 1.165) is 32.4 Å². The lowest BCUT2D eigenvalue weighted by molar-refractivity contribution is 0.601. The van der Waals surface area contributed by atoms with Crippen LogP contribution in [0.3, 0.4) is 0 Å². The van der Waals surface area contributed by atoms with Gasteiger partial charge in [-0.05, 0) is 38.0 Å². The SMILES string of the molecule is CCc1ccccc1NS(=O)(=O)c1cc(-c2csc(C)n2)sc1C. The maximum Gasteiger partial charge on any atom is 0.263 e. The summed E-state index contributed by atoms with van der Waals surface area (Å²) in [6.45, 7) is 5.77. The zero-order valence-electron chi connectivity index (χ0n) is 13.7. The summed E-state index contributed by atoms with van der Waals surface area (Å²) < 4.78 is 28.4. The molecular weight excluding hydrogens is 360 g/mol. The number of benzene rings is 1. The third-order valence-corrected chi connectivity index (χ3v) is 7.14. The number of hydrogen-bond acceptors (Lipinski definition) is 5. The van der Waals surface area contributed by atoms with Crippen molar-refractivity contribution in [2.24, 2.45) is 0 Å². The van der Waals surface area contributed by atoms with Crippen LogP contribution in [0.2, 0.25) is 0 Å². The molecule has 0 unspecified atom stereocenters. The van der Waals surface area contributed by atoms with Crippen molar-refractivity contribution >= 4 is 38.4 Å². The summed E-state index contributed by atoms with van der Waals surface area (Å²) in [6.07, 6.45) is 0.769. The Balaban J connectivity index is 1.97. The van der Waals surface area contributed by atoms with Crippen LogP contribution in [0.25, 0.3) is 10.6 Å². The summed E-state index contributed by atoms with van der Waals surface area (Å²) in [5.41, 5.74) is 2.45. The average molecular weight is 379 g/mol. The minimum absolute atomic E-state index is 0.319. The van der Waals surface area contributed by atoms with Crippen molar-refractivity contribution in [3.05, 3.63) is 51.2 Å². The highest BCUT2D eigenvalue weighted by molar-refractivity contribution is 7.93. The van der Waals surface area contributed by atoms with Crippen molar-refractivity contribution in [2.75, 3.05) is 4.72 Å². The van der Waals surface area contributed by atoms with Crippen LogP contribution in [0.15, 0.2) is 40.6 Å². The number of anilines is 1. The monoisotopic (exact) mass is 378 g/mol. The Bertz CT molecular complexity index is 971. The Morgan fingerprint density at radius 3 is 2.62 bits per heavy atom. The van der Waals surface area contributed by atoms with E-state index in [2.05, 4.69) is 9.71 Å². The fourth-order valence-corrected chi connectivity index (χ4v) is 5.80. The minimum atomic E-state index is -3.62. The highest BCUT2D eigenvalue weighted by Crippen LogP contribution is 2.35. The van der Waals surface area contributed by atoms with Gasteiger partial charge in [0.15, 0.2) is 0 Å². The second-order valence-electron chi connectivity index (χ2n) is 5.40. The normalized spacial score (nSPS) is 11.6. The van der Waals surface area contributed by atoms with E-state index in [-0.39, 0.29) is 0 Å². The fourth-order valence-electron chi connectivity index (χ4n) is 2.46. The molecule has 3 rings (SSSR count). The first-order chi connectivity index (χ1) is 11.4. The Morgan fingerprint density at radius 2 is 1.96 bits per heavy atom. The van der Waals surface area contributed by atoms with Crippen LogP contribution in [-0.4, -0.2) is 13.4 Å². The lowest BCUT2D eigenvalue weighted by Gasteiger charge is -2.11. The summed E-state index contributed by atoms with van der Waals surface area (Å²) in [7, 11) is -3.62.